The van der Waals surface area contributed by atoms with E-state index in [-0.39, 0.29) is 51.7 Å². The van der Waals surface area contributed by atoms with Gasteiger partial charge in [-0.1, -0.05) is 92.8 Å². The van der Waals surface area contributed by atoms with Crippen molar-refractivity contribution in [1.29, 1.82) is 0 Å². The predicted molar refractivity (Wildman–Crippen MR) is 93.0 cm³/mol. The molecular formula is C12H2Cl8O. The van der Waals surface area contributed by atoms with Crippen LogP contribution in [-0.4, -0.2) is 0 Å². The van der Waals surface area contributed by atoms with E-state index in [2.05, 4.69) is 0 Å². The standard InChI is InChI=1S/C12H2Cl8O/c13-3-1-2-4(6(15)5(3)14)21-12-10(19)8(17)7(16)9(18)11(12)20/h1-2H. The van der Waals surface area contributed by atoms with Crippen LogP contribution in [0.5, 0.6) is 11.5 Å². The molecule has 0 unspecified atom stereocenters. The third kappa shape index (κ3) is 3.41. The Kier molecular flexibility index (Phi) is 5.96. The molecule has 0 saturated heterocycles. The Bertz CT molecular complexity index is 699. The summed E-state index contributed by atoms with van der Waals surface area (Å²) in [6, 6.07) is 3.01. The van der Waals surface area contributed by atoms with E-state index in [1.807, 2.05) is 0 Å². The van der Waals surface area contributed by atoms with Crippen molar-refractivity contribution in [1.82, 2.24) is 0 Å². The molecule has 2 aromatic carbocycles. The second-order valence-electron chi connectivity index (χ2n) is 3.67. The Labute approximate surface area is 160 Å². The molecule has 21 heavy (non-hydrogen) atoms. The average Bonchev–Trinajstić information content (AvgIpc) is 2.47. The van der Waals surface area contributed by atoms with Crippen molar-refractivity contribution >= 4 is 92.8 Å². The summed E-state index contributed by atoms with van der Waals surface area (Å²) in [7, 11) is 0. The molecule has 112 valence electrons. The minimum absolute atomic E-state index is 0.00166. The summed E-state index contributed by atoms with van der Waals surface area (Å²) in [6.45, 7) is 0. The molecule has 1 nitrogen and oxygen atoms in total. The first-order valence-corrected chi connectivity index (χ1v) is 8.10. The van der Waals surface area contributed by atoms with Crippen molar-refractivity contribution in [2.75, 3.05) is 0 Å². The predicted octanol–water partition coefficient (Wildman–Crippen LogP) is 8.71. The molecule has 0 atom stereocenters. The van der Waals surface area contributed by atoms with Crippen molar-refractivity contribution in [3.8, 4) is 11.5 Å². The number of halogens is 8. The van der Waals surface area contributed by atoms with Crippen LogP contribution in [0.2, 0.25) is 40.2 Å². The fourth-order valence-corrected chi connectivity index (χ4v) is 3.13. The van der Waals surface area contributed by atoms with E-state index >= 15 is 0 Å². The SMILES string of the molecule is Clc1ccc(Oc2c(Cl)c(Cl)c(Cl)c(Cl)c2Cl)c(Cl)c1Cl. The summed E-state index contributed by atoms with van der Waals surface area (Å²) in [5.41, 5.74) is 0. The Balaban J connectivity index is 2.58. The summed E-state index contributed by atoms with van der Waals surface area (Å²) < 4.78 is 5.56. The zero-order valence-corrected chi connectivity index (χ0v) is 15.6. The van der Waals surface area contributed by atoms with Gasteiger partial charge in [0, 0.05) is 0 Å². The molecule has 0 spiro atoms. The Morgan fingerprint density at radius 3 is 1.52 bits per heavy atom. The molecule has 0 fully saturated rings. The fourth-order valence-electron chi connectivity index (χ4n) is 1.37. The highest BCUT2D eigenvalue weighted by Gasteiger charge is 2.22. The summed E-state index contributed by atoms with van der Waals surface area (Å²) in [4.78, 5) is 0. The molecule has 0 heterocycles. The minimum Gasteiger partial charge on any atom is -0.452 e. The van der Waals surface area contributed by atoms with Gasteiger partial charge in [-0.3, -0.25) is 0 Å². The van der Waals surface area contributed by atoms with Crippen LogP contribution in [0.4, 0.5) is 0 Å². The monoisotopic (exact) mass is 442 g/mol. The van der Waals surface area contributed by atoms with Gasteiger partial charge in [0.05, 0.1) is 25.1 Å². The fraction of sp³-hybridized carbons (Fsp3) is 0. The number of hydrogen-bond donors (Lipinski definition) is 0. The second-order valence-corrected chi connectivity index (χ2v) is 6.73. The van der Waals surface area contributed by atoms with Gasteiger partial charge in [0.1, 0.15) is 20.8 Å². The lowest BCUT2D eigenvalue weighted by molar-refractivity contribution is 0.483. The van der Waals surface area contributed by atoms with Crippen LogP contribution in [0.25, 0.3) is 0 Å². The van der Waals surface area contributed by atoms with Crippen LogP contribution >= 0.6 is 92.8 Å². The lowest BCUT2D eigenvalue weighted by Gasteiger charge is -2.15. The molecule has 0 aliphatic carbocycles. The lowest BCUT2D eigenvalue weighted by atomic mass is 10.3. The van der Waals surface area contributed by atoms with Crippen molar-refractivity contribution in [3.05, 3.63) is 52.3 Å². The van der Waals surface area contributed by atoms with Gasteiger partial charge >= 0.3 is 0 Å². The normalized spacial score (nSPS) is 10.9. The summed E-state index contributed by atoms with van der Waals surface area (Å²) in [5.74, 6) is 0.197. The highest BCUT2D eigenvalue weighted by Crippen LogP contribution is 2.50. The van der Waals surface area contributed by atoms with Crippen molar-refractivity contribution in [3.63, 3.8) is 0 Å². The summed E-state index contributed by atoms with van der Waals surface area (Å²) in [6.07, 6.45) is 0. The minimum atomic E-state index is -0.00166. The van der Waals surface area contributed by atoms with Crippen molar-refractivity contribution < 1.29 is 4.74 Å². The van der Waals surface area contributed by atoms with E-state index in [0.717, 1.165) is 0 Å². The molecule has 0 aromatic heterocycles. The number of rotatable bonds is 2. The lowest BCUT2D eigenvalue weighted by Crippen LogP contribution is -1.91. The van der Waals surface area contributed by atoms with E-state index in [0.29, 0.717) is 0 Å². The molecule has 0 aliphatic rings. The zero-order valence-electron chi connectivity index (χ0n) is 9.59. The van der Waals surface area contributed by atoms with Gasteiger partial charge in [-0.15, -0.1) is 0 Å². The van der Waals surface area contributed by atoms with Crippen LogP contribution in [-0.2, 0) is 0 Å². The maximum Gasteiger partial charge on any atom is 0.167 e. The maximum atomic E-state index is 6.06. The highest BCUT2D eigenvalue weighted by atomic mass is 35.5. The molecule has 0 bridgehead atoms. The first-order chi connectivity index (χ1) is 9.75. The third-order valence-electron chi connectivity index (χ3n) is 2.38. The van der Waals surface area contributed by atoms with Gasteiger partial charge in [-0.2, -0.15) is 0 Å². The zero-order chi connectivity index (χ0) is 15.9. The molecular weight excluding hydrogens is 444 g/mol. The first-order valence-electron chi connectivity index (χ1n) is 5.08. The maximum absolute atomic E-state index is 6.06. The van der Waals surface area contributed by atoms with E-state index in [9.17, 15) is 0 Å². The Morgan fingerprint density at radius 1 is 0.524 bits per heavy atom. The molecule has 2 rings (SSSR count). The Morgan fingerprint density at radius 2 is 1.00 bits per heavy atom. The van der Waals surface area contributed by atoms with Crippen LogP contribution < -0.4 is 4.74 Å². The number of hydrogen-bond acceptors (Lipinski definition) is 1. The summed E-state index contributed by atoms with van der Waals surface area (Å²) in [5, 5.41) is 0.557. The van der Waals surface area contributed by atoms with Crippen LogP contribution in [0, 0.1) is 0 Å². The van der Waals surface area contributed by atoms with Crippen LogP contribution in [0.3, 0.4) is 0 Å². The largest absolute Gasteiger partial charge is 0.452 e. The quantitative estimate of drug-likeness (QED) is 0.332. The molecule has 0 N–H and O–H groups in total. The molecule has 0 saturated carbocycles. The number of benzene rings is 2. The van der Waals surface area contributed by atoms with Crippen LogP contribution in [0.15, 0.2) is 12.1 Å². The van der Waals surface area contributed by atoms with E-state index in [1.165, 1.54) is 12.1 Å². The molecule has 2 aromatic rings. The topological polar surface area (TPSA) is 9.23 Å². The molecule has 0 amide bonds. The smallest absolute Gasteiger partial charge is 0.167 e. The number of ether oxygens (including phenoxy) is 1. The van der Waals surface area contributed by atoms with Gasteiger partial charge in [0.2, 0.25) is 0 Å². The van der Waals surface area contributed by atoms with Gasteiger partial charge in [-0.25, -0.2) is 0 Å². The molecule has 0 radical (unpaired) electrons. The van der Waals surface area contributed by atoms with Gasteiger partial charge in [0.15, 0.2) is 5.75 Å². The van der Waals surface area contributed by atoms with E-state index < -0.39 is 0 Å². The van der Waals surface area contributed by atoms with E-state index in [4.69, 9.17) is 97.5 Å². The average molecular weight is 446 g/mol. The van der Waals surface area contributed by atoms with Gasteiger partial charge in [0.25, 0.3) is 0 Å². The second kappa shape index (κ2) is 6.98. The van der Waals surface area contributed by atoms with Crippen LogP contribution in [0.1, 0.15) is 0 Å². The van der Waals surface area contributed by atoms with Gasteiger partial charge in [-0.05, 0) is 12.1 Å². The van der Waals surface area contributed by atoms with Crippen molar-refractivity contribution in [2.24, 2.45) is 0 Å². The van der Waals surface area contributed by atoms with Gasteiger partial charge < -0.3 is 4.74 Å². The molecule has 9 heteroatoms. The van der Waals surface area contributed by atoms with E-state index in [1.54, 1.807) is 0 Å². The summed E-state index contributed by atoms with van der Waals surface area (Å²) >= 11 is 47.7. The Hall–Kier alpha value is 0.560. The highest BCUT2D eigenvalue weighted by molar-refractivity contribution is 6.55. The van der Waals surface area contributed by atoms with Crippen molar-refractivity contribution in [2.45, 2.75) is 0 Å². The molecule has 0 aliphatic heterocycles. The third-order valence-corrected chi connectivity index (χ3v) is 5.90. The first kappa shape index (κ1) is 17.9.